The lowest BCUT2D eigenvalue weighted by Crippen LogP contribution is -2.40. The molecular formula is C19H26N4O4S2. The fraction of sp³-hybridized carbons (Fsp3) is 0.579. The molecule has 0 aliphatic carbocycles. The first-order chi connectivity index (χ1) is 14.0. The third-order valence-corrected chi connectivity index (χ3v) is 8.49. The van der Waals surface area contributed by atoms with Crippen molar-refractivity contribution in [3.63, 3.8) is 0 Å². The zero-order valence-corrected chi connectivity index (χ0v) is 18.1. The molecule has 29 heavy (non-hydrogen) atoms. The van der Waals surface area contributed by atoms with E-state index in [-0.39, 0.29) is 16.1 Å². The van der Waals surface area contributed by atoms with Crippen molar-refractivity contribution < 1.29 is 17.9 Å². The Morgan fingerprint density at radius 2 is 2.07 bits per heavy atom. The number of thioether (sulfide) groups is 1. The molecule has 3 heterocycles. The predicted octanol–water partition coefficient (Wildman–Crippen LogP) is 1.84. The van der Waals surface area contributed by atoms with Crippen LogP contribution in [0, 0.1) is 0 Å². The second-order valence-corrected chi connectivity index (χ2v) is 10.3. The van der Waals surface area contributed by atoms with E-state index in [9.17, 15) is 13.2 Å². The SMILES string of the molecule is CCn1c(S[C@H]2CCCCNC2=O)nc2cc(S(=O)(=O)N3CCOCC3)ccc21. The molecule has 2 fully saturated rings. The van der Waals surface area contributed by atoms with Crippen LogP contribution < -0.4 is 5.32 Å². The first kappa shape index (κ1) is 20.6. The van der Waals surface area contributed by atoms with E-state index >= 15 is 0 Å². The molecule has 158 valence electrons. The van der Waals surface area contributed by atoms with Crippen LogP contribution in [0.4, 0.5) is 0 Å². The van der Waals surface area contributed by atoms with Gasteiger partial charge in [-0.25, -0.2) is 13.4 Å². The lowest BCUT2D eigenvalue weighted by atomic mass is 10.2. The van der Waals surface area contributed by atoms with Crippen molar-refractivity contribution in [3.05, 3.63) is 18.2 Å². The molecule has 2 aliphatic heterocycles. The van der Waals surface area contributed by atoms with Gasteiger partial charge in [-0.15, -0.1) is 0 Å². The molecule has 0 unspecified atom stereocenters. The highest BCUT2D eigenvalue weighted by Crippen LogP contribution is 2.32. The van der Waals surface area contributed by atoms with E-state index in [1.165, 1.54) is 16.1 Å². The molecule has 2 aliphatic rings. The molecular weight excluding hydrogens is 412 g/mol. The zero-order chi connectivity index (χ0) is 20.4. The average molecular weight is 439 g/mol. The quantitative estimate of drug-likeness (QED) is 0.766. The number of aromatic nitrogens is 2. The number of carbonyl (C=O) groups excluding carboxylic acids is 1. The Morgan fingerprint density at radius 1 is 1.28 bits per heavy atom. The first-order valence-corrected chi connectivity index (χ1v) is 12.3. The number of hydrogen-bond acceptors (Lipinski definition) is 6. The van der Waals surface area contributed by atoms with Crippen LogP contribution in [-0.2, 0) is 26.1 Å². The van der Waals surface area contributed by atoms with Crippen LogP contribution in [0.5, 0.6) is 0 Å². The Bertz CT molecular complexity index is 999. The molecule has 8 nitrogen and oxygen atoms in total. The Kier molecular flexibility index (Phi) is 6.14. The molecule has 1 atom stereocenters. The molecule has 2 saturated heterocycles. The zero-order valence-electron chi connectivity index (χ0n) is 16.5. The number of fused-ring (bicyclic) bond motifs is 1. The van der Waals surface area contributed by atoms with Gasteiger partial charge in [-0.3, -0.25) is 4.79 Å². The summed E-state index contributed by atoms with van der Waals surface area (Å²) in [6, 6.07) is 5.10. The molecule has 1 aromatic heterocycles. The average Bonchev–Trinajstić information content (AvgIpc) is 2.96. The second kappa shape index (κ2) is 8.63. The third-order valence-electron chi connectivity index (χ3n) is 5.34. The molecule has 1 N–H and O–H groups in total. The van der Waals surface area contributed by atoms with Gasteiger partial charge in [-0.05, 0) is 38.0 Å². The number of benzene rings is 1. The van der Waals surface area contributed by atoms with Crippen molar-refractivity contribution in [2.45, 2.75) is 48.0 Å². The van der Waals surface area contributed by atoms with Crippen LogP contribution in [0.1, 0.15) is 26.2 Å². The molecule has 4 rings (SSSR count). The Hall–Kier alpha value is -1.62. The monoisotopic (exact) mass is 438 g/mol. The Morgan fingerprint density at radius 3 is 2.83 bits per heavy atom. The lowest BCUT2D eigenvalue weighted by Gasteiger charge is -2.26. The standard InChI is InChI=1S/C19H26N4O4S2/c1-2-23-16-7-6-14(29(25,26)22-9-11-27-12-10-22)13-15(16)21-19(23)28-17-5-3-4-8-20-18(17)24/h6-7,13,17H,2-5,8-12H2,1H3,(H,20,24)/t17-/m0/s1. The van der Waals surface area contributed by atoms with E-state index in [0.717, 1.165) is 36.5 Å². The van der Waals surface area contributed by atoms with Crippen LogP contribution in [0.2, 0.25) is 0 Å². The van der Waals surface area contributed by atoms with Crippen molar-refractivity contribution in [2.24, 2.45) is 0 Å². The topological polar surface area (TPSA) is 93.5 Å². The van der Waals surface area contributed by atoms with Crippen molar-refractivity contribution in [1.29, 1.82) is 0 Å². The summed E-state index contributed by atoms with van der Waals surface area (Å²) in [7, 11) is -3.57. The maximum absolute atomic E-state index is 13.0. The highest BCUT2D eigenvalue weighted by atomic mass is 32.2. The second-order valence-electron chi connectivity index (χ2n) is 7.20. The highest BCUT2D eigenvalue weighted by Gasteiger charge is 2.28. The van der Waals surface area contributed by atoms with Crippen molar-refractivity contribution >= 4 is 38.7 Å². The van der Waals surface area contributed by atoms with Gasteiger partial charge in [0.25, 0.3) is 0 Å². The van der Waals surface area contributed by atoms with Gasteiger partial charge < -0.3 is 14.6 Å². The van der Waals surface area contributed by atoms with Crippen molar-refractivity contribution in [2.75, 3.05) is 32.8 Å². The van der Waals surface area contributed by atoms with Crippen LogP contribution in [0.3, 0.4) is 0 Å². The third kappa shape index (κ3) is 4.16. The number of ether oxygens (including phenoxy) is 1. The van der Waals surface area contributed by atoms with E-state index in [1.54, 1.807) is 12.1 Å². The molecule has 0 spiro atoms. The summed E-state index contributed by atoms with van der Waals surface area (Å²) >= 11 is 1.47. The number of hydrogen-bond donors (Lipinski definition) is 1. The molecule has 0 radical (unpaired) electrons. The molecule has 10 heteroatoms. The normalized spacial score (nSPS) is 21.8. The number of rotatable bonds is 5. The minimum Gasteiger partial charge on any atom is -0.379 e. The molecule has 0 saturated carbocycles. The number of sulfonamides is 1. The van der Waals surface area contributed by atoms with Gasteiger partial charge in [0.1, 0.15) is 0 Å². The minimum absolute atomic E-state index is 0.0535. The van der Waals surface area contributed by atoms with Crippen molar-refractivity contribution in [3.8, 4) is 0 Å². The molecule has 0 bridgehead atoms. The number of aryl methyl sites for hydroxylation is 1. The molecule has 1 amide bonds. The maximum Gasteiger partial charge on any atom is 0.243 e. The summed E-state index contributed by atoms with van der Waals surface area (Å²) in [4.78, 5) is 17.3. The Labute approximate surface area is 175 Å². The van der Waals surface area contributed by atoms with Gasteiger partial charge in [-0.1, -0.05) is 18.2 Å². The maximum atomic E-state index is 13.0. The Balaban J connectivity index is 1.66. The van der Waals surface area contributed by atoms with Crippen LogP contribution in [-0.4, -0.2) is 66.3 Å². The fourth-order valence-corrected chi connectivity index (χ4v) is 6.39. The number of carbonyl (C=O) groups is 1. The summed E-state index contributed by atoms with van der Waals surface area (Å²) in [5.74, 6) is 0.0535. The number of imidazole rings is 1. The summed E-state index contributed by atoms with van der Waals surface area (Å²) in [5, 5.41) is 3.54. The van der Waals surface area contributed by atoms with E-state index in [1.807, 2.05) is 17.6 Å². The van der Waals surface area contributed by atoms with Gasteiger partial charge in [-0.2, -0.15) is 4.31 Å². The highest BCUT2D eigenvalue weighted by molar-refractivity contribution is 8.00. The van der Waals surface area contributed by atoms with Gasteiger partial charge in [0.2, 0.25) is 15.9 Å². The molecule has 2 aromatic rings. The number of nitrogens with one attached hydrogen (secondary N) is 1. The number of nitrogens with zero attached hydrogens (tertiary/aromatic N) is 3. The van der Waals surface area contributed by atoms with Gasteiger partial charge in [0.15, 0.2) is 5.16 Å². The molecule has 1 aromatic carbocycles. The van der Waals surface area contributed by atoms with E-state index in [2.05, 4.69) is 5.32 Å². The summed E-state index contributed by atoms with van der Waals surface area (Å²) in [6.45, 7) is 5.00. The van der Waals surface area contributed by atoms with Crippen LogP contribution in [0.25, 0.3) is 11.0 Å². The first-order valence-electron chi connectivity index (χ1n) is 10.0. The van der Waals surface area contributed by atoms with Crippen molar-refractivity contribution in [1.82, 2.24) is 19.2 Å². The number of morpholine rings is 1. The largest absolute Gasteiger partial charge is 0.379 e. The fourth-order valence-electron chi connectivity index (χ4n) is 3.73. The smallest absolute Gasteiger partial charge is 0.243 e. The van der Waals surface area contributed by atoms with E-state index in [4.69, 9.17) is 9.72 Å². The lowest BCUT2D eigenvalue weighted by molar-refractivity contribution is -0.120. The predicted molar refractivity (Wildman–Crippen MR) is 111 cm³/mol. The van der Waals surface area contributed by atoms with E-state index in [0.29, 0.717) is 38.4 Å². The minimum atomic E-state index is -3.57. The number of amides is 1. The van der Waals surface area contributed by atoms with E-state index < -0.39 is 10.0 Å². The van der Waals surface area contributed by atoms with Crippen LogP contribution >= 0.6 is 11.8 Å². The summed E-state index contributed by atoms with van der Waals surface area (Å²) in [5.41, 5.74) is 1.52. The summed E-state index contributed by atoms with van der Waals surface area (Å²) in [6.07, 6.45) is 2.82. The van der Waals surface area contributed by atoms with Crippen LogP contribution in [0.15, 0.2) is 28.3 Å². The van der Waals surface area contributed by atoms with Gasteiger partial charge >= 0.3 is 0 Å². The summed E-state index contributed by atoms with van der Waals surface area (Å²) < 4.78 is 34.7. The van der Waals surface area contributed by atoms with Gasteiger partial charge in [0, 0.05) is 26.2 Å². The van der Waals surface area contributed by atoms with Gasteiger partial charge in [0.05, 0.1) is 34.4 Å².